The highest BCUT2D eigenvalue weighted by Gasteiger charge is 2.33. The molecule has 3 rings (SSSR count). The summed E-state index contributed by atoms with van der Waals surface area (Å²) in [4.78, 5) is 24.4. The first-order valence-corrected chi connectivity index (χ1v) is 9.14. The molecular formula is C18H20N2O2S. The van der Waals surface area contributed by atoms with E-state index >= 15 is 0 Å². The van der Waals surface area contributed by atoms with Crippen LogP contribution in [-0.2, 0) is 16.0 Å². The second kappa shape index (κ2) is 7.04. The first kappa shape index (κ1) is 15.9. The van der Waals surface area contributed by atoms with Gasteiger partial charge in [-0.15, -0.1) is 0 Å². The van der Waals surface area contributed by atoms with Crippen molar-refractivity contribution in [3.05, 3.63) is 48.0 Å². The van der Waals surface area contributed by atoms with E-state index in [-0.39, 0.29) is 11.8 Å². The van der Waals surface area contributed by atoms with Crippen molar-refractivity contribution in [2.75, 3.05) is 12.0 Å². The first-order valence-electron chi connectivity index (χ1n) is 7.75. The molecule has 2 aromatic rings. The van der Waals surface area contributed by atoms with Crippen molar-refractivity contribution < 1.29 is 9.59 Å². The number of carbonyl (C=O) groups is 2. The number of rotatable bonds is 5. The molecule has 1 fully saturated rings. The fourth-order valence-corrected chi connectivity index (χ4v) is 3.33. The van der Waals surface area contributed by atoms with Crippen LogP contribution in [0.15, 0.2) is 42.5 Å². The highest BCUT2D eigenvalue weighted by atomic mass is 32.2. The van der Waals surface area contributed by atoms with Gasteiger partial charge in [-0.3, -0.25) is 9.59 Å². The number of hydrogen-bond acceptors (Lipinski definition) is 3. The van der Waals surface area contributed by atoms with E-state index in [2.05, 4.69) is 34.9 Å². The van der Waals surface area contributed by atoms with Gasteiger partial charge in [0.1, 0.15) is 12.1 Å². The van der Waals surface area contributed by atoms with Crippen molar-refractivity contribution in [3.63, 3.8) is 0 Å². The lowest BCUT2D eigenvalue weighted by atomic mass is 9.99. The smallest absolute Gasteiger partial charge is 0.243 e. The second-order valence-electron chi connectivity index (χ2n) is 5.79. The van der Waals surface area contributed by atoms with Gasteiger partial charge in [0.05, 0.1) is 0 Å². The molecule has 1 aliphatic rings. The van der Waals surface area contributed by atoms with Gasteiger partial charge < -0.3 is 10.6 Å². The van der Waals surface area contributed by atoms with E-state index < -0.39 is 12.1 Å². The summed E-state index contributed by atoms with van der Waals surface area (Å²) in [6, 6.07) is 13.4. The lowest BCUT2D eigenvalue weighted by Crippen LogP contribution is -2.62. The molecule has 1 saturated heterocycles. The van der Waals surface area contributed by atoms with Crippen molar-refractivity contribution >= 4 is 34.3 Å². The zero-order chi connectivity index (χ0) is 16.2. The number of benzene rings is 2. The minimum Gasteiger partial charge on any atom is -0.342 e. The Morgan fingerprint density at radius 2 is 1.65 bits per heavy atom. The topological polar surface area (TPSA) is 58.2 Å². The molecule has 2 atom stereocenters. The summed E-state index contributed by atoms with van der Waals surface area (Å²) < 4.78 is 0. The number of carbonyl (C=O) groups excluding carboxylic acids is 2. The normalized spacial score (nSPS) is 21.1. The second-order valence-corrected chi connectivity index (χ2v) is 6.78. The molecule has 5 heteroatoms. The van der Waals surface area contributed by atoms with Gasteiger partial charge in [-0.1, -0.05) is 42.5 Å². The summed E-state index contributed by atoms with van der Waals surface area (Å²) in [5.74, 6) is 0.682. The first-order chi connectivity index (χ1) is 11.2. The van der Waals surface area contributed by atoms with E-state index in [1.807, 2.05) is 24.5 Å². The van der Waals surface area contributed by atoms with E-state index in [0.29, 0.717) is 12.8 Å². The molecule has 2 amide bonds. The summed E-state index contributed by atoms with van der Waals surface area (Å²) in [5, 5.41) is 8.02. The van der Waals surface area contributed by atoms with Crippen molar-refractivity contribution in [1.82, 2.24) is 10.6 Å². The summed E-state index contributed by atoms with van der Waals surface area (Å²) in [5.41, 5.74) is 1.05. The van der Waals surface area contributed by atoms with Gasteiger partial charge in [0, 0.05) is 6.42 Å². The van der Waals surface area contributed by atoms with Crippen LogP contribution in [0, 0.1) is 0 Å². The molecule has 23 heavy (non-hydrogen) atoms. The van der Waals surface area contributed by atoms with Gasteiger partial charge >= 0.3 is 0 Å². The highest BCUT2D eigenvalue weighted by molar-refractivity contribution is 7.98. The third kappa shape index (κ3) is 3.67. The van der Waals surface area contributed by atoms with Crippen molar-refractivity contribution in [2.24, 2.45) is 0 Å². The van der Waals surface area contributed by atoms with E-state index in [1.54, 1.807) is 11.8 Å². The third-order valence-electron chi connectivity index (χ3n) is 4.13. The van der Waals surface area contributed by atoms with Crippen LogP contribution in [0.4, 0.5) is 0 Å². The zero-order valence-electron chi connectivity index (χ0n) is 13.0. The van der Waals surface area contributed by atoms with E-state index in [1.165, 1.54) is 5.39 Å². The number of amides is 2. The van der Waals surface area contributed by atoms with Gasteiger partial charge in [-0.25, -0.2) is 0 Å². The molecule has 2 aromatic carbocycles. The highest BCUT2D eigenvalue weighted by Crippen LogP contribution is 2.17. The van der Waals surface area contributed by atoms with Crippen LogP contribution in [0.5, 0.6) is 0 Å². The molecule has 0 radical (unpaired) electrons. The Bertz CT molecular complexity index is 732. The Morgan fingerprint density at radius 3 is 2.43 bits per heavy atom. The minimum atomic E-state index is -0.491. The lowest BCUT2D eigenvalue weighted by Gasteiger charge is -2.29. The average molecular weight is 328 g/mol. The maximum absolute atomic E-state index is 12.2. The quantitative estimate of drug-likeness (QED) is 0.884. The van der Waals surface area contributed by atoms with Gasteiger partial charge in [0.2, 0.25) is 11.8 Å². The number of hydrogen-bond donors (Lipinski definition) is 2. The van der Waals surface area contributed by atoms with Gasteiger partial charge in [0.25, 0.3) is 0 Å². The Morgan fingerprint density at radius 1 is 0.957 bits per heavy atom. The standard InChI is InChI=1S/C18H20N2O2S/c1-23-9-8-15-17(21)20-16(18(22)19-15)11-12-6-7-13-4-2-3-5-14(13)10-12/h2-7,10,15-16H,8-9,11H2,1H3,(H,19,22)(H,20,21)/t15-,16?/m1/s1. The Kier molecular flexibility index (Phi) is 4.86. The van der Waals surface area contributed by atoms with E-state index in [9.17, 15) is 9.59 Å². The minimum absolute atomic E-state index is 0.0792. The monoisotopic (exact) mass is 328 g/mol. The third-order valence-corrected chi connectivity index (χ3v) is 4.77. The molecule has 4 nitrogen and oxygen atoms in total. The molecule has 0 aromatic heterocycles. The molecule has 1 unspecified atom stereocenters. The van der Waals surface area contributed by atoms with Crippen LogP contribution in [0.3, 0.4) is 0 Å². The molecular weight excluding hydrogens is 308 g/mol. The van der Waals surface area contributed by atoms with Crippen molar-refractivity contribution in [1.29, 1.82) is 0 Å². The molecule has 1 heterocycles. The van der Waals surface area contributed by atoms with Crippen molar-refractivity contribution in [2.45, 2.75) is 24.9 Å². The number of piperazine rings is 1. The molecule has 0 saturated carbocycles. The van der Waals surface area contributed by atoms with E-state index in [4.69, 9.17) is 0 Å². The predicted molar refractivity (Wildman–Crippen MR) is 94.5 cm³/mol. The van der Waals surface area contributed by atoms with Crippen LogP contribution >= 0.6 is 11.8 Å². The average Bonchev–Trinajstić information content (AvgIpc) is 2.56. The summed E-state index contributed by atoms with van der Waals surface area (Å²) in [6.45, 7) is 0. The predicted octanol–water partition coefficient (Wildman–Crippen LogP) is 2.12. The molecule has 1 aliphatic heterocycles. The van der Waals surface area contributed by atoms with Crippen LogP contribution in [0.2, 0.25) is 0 Å². The van der Waals surface area contributed by atoms with Gasteiger partial charge in [-0.2, -0.15) is 11.8 Å². The molecule has 0 spiro atoms. The summed E-state index contributed by atoms with van der Waals surface area (Å²) >= 11 is 1.67. The van der Waals surface area contributed by atoms with Gasteiger partial charge in [-0.05, 0) is 34.8 Å². The Labute approximate surface area is 140 Å². The van der Waals surface area contributed by atoms with Crippen LogP contribution in [0.25, 0.3) is 10.8 Å². The number of fused-ring (bicyclic) bond motifs is 1. The summed E-state index contributed by atoms with van der Waals surface area (Å²) in [7, 11) is 0. The van der Waals surface area contributed by atoms with E-state index in [0.717, 1.165) is 16.7 Å². The lowest BCUT2D eigenvalue weighted by molar-refractivity contribution is -0.136. The van der Waals surface area contributed by atoms with Crippen LogP contribution in [0.1, 0.15) is 12.0 Å². The fourth-order valence-electron chi connectivity index (χ4n) is 2.86. The van der Waals surface area contributed by atoms with Crippen molar-refractivity contribution in [3.8, 4) is 0 Å². The number of thioether (sulfide) groups is 1. The molecule has 0 bridgehead atoms. The Balaban J connectivity index is 1.69. The molecule has 2 N–H and O–H groups in total. The van der Waals surface area contributed by atoms with Crippen LogP contribution in [-0.4, -0.2) is 35.9 Å². The largest absolute Gasteiger partial charge is 0.342 e. The zero-order valence-corrected chi connectivity index (χ0v) is 13.9. The molecule has 120 valence electrons. The maximum atomic E-state index is 12.2. The summed E-state index contributed by atoms with van der Waals surface area (Å²) in [6.07, 6.45) is 3.17. The Hall–Kier alpha value is -2.01. The number of nitrogens with one attached hydrogen (secondary N) is 2. The van der Waals surface area contributed by atoms with Crippen LogP contribution < -0.4 is 10.6 Å². The maximum Gasteiger partial charge on any atom is 0.243 e. The SMILES string of the molecule is CSCC[C@H]1NC(=O)C(Cc2ccc3ccccc3c2)NC1=O. The fraction of sp³-hybridized carbons (Fsp3) is 0.333. The van der Waals surface area contributed by atoms with Gasteiger partial charge in [0.15, 0.2) is 0 Å². The molecule has 0 aliphatic carbocycles.